The third kappa shape index (κ3) is 8.90. The first-order valence-corrected chi connectivity index (χ1v) is 13.7. The maximum Gasteiger partial charge on any atom is 0.326 e. The van der Waals surface area contributed by atoms with Gasteiger partial charge in [0, 0.05) is 36.4 Å². The third-order valence-electron chi connectivity index (χ3n) is 6.91. The van der Waals surface area contributed by atoms with E-state index >= 15 is 0 Å². The molecule has 42 heavy (non-hydrogen) atoms. The lowest BCUT2D eigenvalue weighted by molar-refractivity contribution is -0.142. The minimum Gasteiger partial charge on any atom is -0.480 e. The number of amides is 4. The first kappa shape index (κ1) is 31.8. The number of carboxylic acids is 1. The molecule has 4 amide bonds. The van der Waals surface area contributed by atoms with E-state index in [-0.39, 0.29) is 31.6 Å². The molecule has 1 aromatic heterocycles. The summed E-state index contributed by atoms with van der Waals surface area (Å²) in [4.78, 5) is 66.0. The highest BCUT2D eigenvalue weighted by Crippen LogP contribution is 2.19. The fourth-order valence-electron chi connectivity index (χ4n) is 4.54. The van der Waals surface area contributed by atoms with Crippen molar-refractivity contribution in [1.82, 2.24) is 20.9 Å². The molecule has 4 atom stereocenters. The average molecular weight is 579 g/mol. The number of nitrogens with two attached hydrogens (primary N) is 2. The molecule has 1 heterocycles. The summed E-state index contributed by atoms with van der Waals surface area (Å²) in [5, 5.41) is 18.6. The number of carboxylic acid groups (broad SMARTS) is 1. The number of benzene rings is 2. The number of rotatable bonds is 15. The van der Waals surface area contributed by atoms with E-state index in [2.05, 4.69) is 20.9 Å². The standard InChI is InChI=1S/C30H38N6O6/c1-17(2)26(36-27(38)21(31)12-13-25(32)37)29(40)34-23(15-19-16-33-22-11-7-6-10-20(19)22)28(39)35-24(30(41)42)14-18-8-4-3-5-9-18/h3-11,16-17,21,23-24,26,33H,12-15,31H2,1-2H3,(H2,32,37)(H,34,40)(H,35,39)(H,36,38)(H,41,42). The van der Waals surface area contributed by atoms with Crippen LogP contribution in [-0.4, -0.2) is 63.9 Å². The fourth-order valence-corrected chi connectivity index (χ4v) is 4.54. The molecule has 3 aromatic rings. The van der Waals surface area contributed by atoms with Crippen molar-refractivity contribution in [2.24, 2.45) is 17.4 Å². The van der Waals surface area contributed by atoms with Gasteiger partial charge in [0.2, 0.25) is 23.6 Å². The van der Waals surface area contributed by atoms with Crippen LogP contribution in [0.15, 0.2) is 60.8 Å². The first-order chi connectivity index (χ1) is 20.0. The zero-order valence-electron chi connectivity index (χ0n) is 23.6. The van der Waals surface area contributed by atoms with Crippen molar-refractivity contribution in [3.63, 3.8) is 0 Å². The predicted molar refractivity (Wildman–Crippen MR) is 157 cm³/mol. The van der Waals surface area contributed by atoms with Gasteiger partial charge in [0.1, 0.15) is 18.1 Å². The van der Waals surface area contributed by atoms with E-state index in [1.807, 2.05) is 24.3 Å². The van der Waals surface area contributed by atoms with Gasteiger partial charge >= 0.3 is 5.97 Å². The highest BCUT2D eigenvalue weighted by molar-refractivity contribution is 5.95. The number of nitrogens with one attached hydrogen (secondary N) is 4. The Kier molecular flexibility index (Phi) is 11.2. The van der Waals surface area contributed by atoms with E-state index in [1.54, 1.807) is 50.4 Å². The summed E-state index contributed by atoms with van der Waals surface area (Å²) < 4.78 is 0. The second kappa shape index (κ2) is 14.8. The van der Waals surface area contributed by atoms with Crippen LogP contribution in [0.5, 0.6) is 0 Å². The number of hydrogen-bond acceptors (Lipinski definition) is 6. The highest BCUT2D eigenvalue weighted by atomic mass is 16.4. The van der Waals surface area contributed by atoms with E-state index in [1.165, 1.54) is 0 Å². The van der Waals surface area contributed by atoms with Crippen molar-refractivity contribution < 1.29 is 29.1 Å². The van der Waals surface area contributed by atoms with Crippen LogP contribution in [0.1, 0.15) is 37.8 Å². The molecule has 0 radical (unpaired) electrons. The van der Waals surface area contributed by atoms with Crippen molar-refractivity contribution in [2.45, 2.75) is 63.7 Å². The molecule has 2 aromatic carbocycles. The van der Waals surface area contributed by atoms with Crippen LogP contribution < -0.4 is 27.4 Å². The zero-order chi connectivity index (χ0) is 30.8. The summed E-state index contributed by atoms with van der Waals surface area (Å²) in [6, 6.07) is 11.8. The smallest absolute Gasteiger partial charge is 0.326 e. The summed E-state index contributed by atoms with van der Waals surface area (Å²) in [5.74, 6) is -4.19. The van der Waals surface area contributed by atoms with E-state index < -0.39 is 53.8 Å². The van der Waals surface area contributed by atoms with Crippen LogP contribution in [-0.2, 0) is 36.8 Å². The van der Waals surface area contributed by atoms with E-state index in [0.717, 1.165) is 22.0 Å². The molecular weight excluding hydrogens is 540 g/mol. The van der Waals surface area contributed by atoms with Crippen molar-refractivity contribution in [2.75, 3.05) is 0 Å². The topological polar surface area (TPSA) is 209 Å². The largest absolute Gasteiger partial charge is 0.480 e. The molecule has 9 N–H and O–H groups in total. The monoisotopic (exact) mass is 578 g/mol. The lowest BCUT2D eigenvalue weighted by atomic mass is 9.99. The summed E-state index contributed by atoms with van der Waals surface area (Å²) in [7, 11) is 0. The molecule has 0 aliphatic heterocycles. The van der Waals surface area contributed by atoms with Crippen LogP contribution in [0, 0.1) is 5.92 Å². The molecule has 12 nitrogen and oxygen atoms in total. The fraction of sp³-hybridized carbons (Fsp3) is 0.367. The van der Waals surface area contributed by atoms with Gasteiger partial charge in [0.15, 0.2) is 0 Å². The van der Waals surface area contributed by atoms with E-state index in [0.29, 0.717) is 0 Å². The Morgan fingerprint density at radius 1 is 0.833 bits per heavy atom. The van der Waals surface area contributed by atoms with Crippen molar-refractivity contribution in [1.29, 1.82) is 0 Å². The lowest BCUT2D eigenvalue weighted by Crippen LogP contribution is -2.59. The van der Waals surface area contributed by atoms with Gasteiger partial charge in [-0.1, -0.05) is 62.4 Å². The summed E-state index contributed by atoms with van der Waals surface area (Å²) in [5.41, 5.74) is 13.3. The Hall–Kier alpha value is -4.71. The number of aromatic amines is 1. The maximum absolute atomic E-state index is 13.6. The first-order valence-electron chi connectivity index (χ1n) is 13.7. The molecule has 4 unspecified atom stereocenters. The van der Waals surface area contributed by atoms with Gasteiger partial charge in [-0.3, -0.25) is 19.2 Å². The van der Waals surface area contributed by atoms with E-state index in [4.69, 9.17) is 11.5 Å². The van der Waals surface area contributed by atoms with E-state index in [9.17, 15) is 29.1 Å². The van der Waals surface area contributed by atoms with Gasteiger partial charge in [0.25, 0.3) is 0 Å². The van der Waals surface area contributed by atoms with Gasteiger partial charge in [0.05, 0.1) is 6.04 Å². The molecule has 0 saturated carbocycles. The minimum absolute atomic E-state index is 0.0111. The molecule has 3 rings (SSSR count). The molecule has 0 saturated heterocycles. The Bertz CT molecular complexity index is 1410. The summed E-state index contributed by atoms with van der Waals surface area (Å²) >= 11 is 0. The third-order valence-corrected chi connectivity index (χ3v) is 6.91. The van der Waals surface area contributed by atoms with Gasteiger partial charge in [-0.15, -0.1) is 0 Å². The number of aromatic nitrogens is 1. The number of carbonyl (C=O) groups is 5. The number of carbonyl (C=O) groups excluding carboxylic acids is 4. The Morgan fingerprint density at radius 2 is 1.48 bits per heavy atom. The molecule has 224 valence electrons. The summed E-state index contributed by atoms with van der Waals surface area (Å²) in [6.07, 6.45) is 1.75. The molecule has 0 fully saturated rings. The Balaban J connectivity index is 1.83. The van der Waals surface area contributed by atoms with Crippen molar-refractivity contribution in [3.8, 4) is 0 Å². The second-order valence-electron chi connectivity index (χ2n) is 10.6. The molecule has 0 aliphatic rings. The number of fused-ring (bicyclic) bond motifs is 1. The number of aliphatic carboxylic acids is 1. The van der Waals surface area contributed by atoms with Crippen LogP contribution >= 0.6 is 0 Å². The maximum atomic E-state index is 13.6. The molecule has 12 heteroatoms. The number of H-pyrrole nitrogens is 1. The molecular formula is C30H38N6O6. The lowest BCUT2D eigenvalue weighted by Gasteiger charge is -2.27. The minimum atomic E-state index is -1.24. The zero-order valence-corrected chi connectivity index (χ0v) is 23.6. The summed E-state index contributed by atoms with van der Waals surface area (Å²) in [6.45, 7) is 3.43. The Morgan fingerprint density at radius 3 is 2.12 bits per heavy atom. The number of para-hydroxylation sites is 1. The molecule has 0 aliphatic carbocycles. The van der Waals surface area contributed by atoms with Gasteiger partial charge in [-0.05, 0) is 29.5 Å². The van der Waals surface area contributed by atoms with Crippen molar-refractivity contribution >= 4 is 40.5 Å². The number of hydrogen-bond donors (Lipinski definition) is 7. The van der Waals surface area contributed by atoms with Gasteiger partial charge < -0.3 is 37.5 Å². The van der Waals surface area contributed by atoms with Crippen LogP contribution in [0.3, 0.4) is 0 Å². The van der Waals surface area contributed by atoms with Gasteiger partial charge in [-0.25, -0.2) is 4.79 Å². The van der Waals surface area contributed by atoms with Gasteiger partial charge in [-0.2, -0.15) is 0 Å². The SMILES string of the molecule is CC(C)C(NC(=O)C(N)CCC(N)=O)C(=O)NC(Cc1c[nH]c2ccccc12)C(=O)NC(Cc1ccccc1)C(=O)O. The highest BCUT2D eigenvalue weighted by Gasteiger charge is 2.32. The average Bonchev–Trinajstić information content (AvgIpc) is 3.36. The second-order valence-corrected chi connectivity index (χ2v) is 10.6. The van der Waals surface area contributed by atoms with Crippen LogP contribution in [0.25, 0.3) is 10.9 Å². The molecule has 0 spiro atoms. The van der Waals surface area contributed by atoms with Crippen molar-refractivity contribution in [3.05, 3.63) is 71.9 Å². The molecule has 0 bridgehead atoms. The predicted octanol–water partition coefficient (Wildman–Crippen LogP) is 0.741. The van der Waals surface area contributed by atoms with Crippen LogP contribution in [0.4, 0.5) is 0 Å². The normalized spacial score (nSPS) is 14.0. The Labute approximate surface area is 243 Å². The quantitative estimate of drug-likeness (QED) is 0.137. The van der Waals surface area contributed by atoms with Crippen LogP contribution in [0.2, 0.25) is 0 Å². The number of primary amides is 1.